The van der Waals surface area contributed by atoms with E-state index in [1.165, 1.54) is 36.4 Å². The zero-order valence-corrected chi connectivity index (χ0v) is 17.5. The minimum atomic E-state index is -3.85. The molecule has 2 heterocycles. The Hall–Kier alpha value is -2.89. The molecule has 0 unspecified atom stereocenters. The lowest BCUT2D eigenvalue weighted by molar-refractivity contribution is -0.139. The lowest BCUT2D eigenvalue weighted by Crippen LogP contribution is -2.53. The van der Waals surface area contributed by atoms with Crippen molar-refractivity contribution in [3.8, 4) is 11.8 Å². The monoisotopic (exact) mass is 426 g/mol. The summed E-state index contributed by atoms with van der Waals surface area (Å²) in [6.45, 7) is 3.99. The second kappa shape index (κ2) is 7.11. The molecule has 2 aliphatic rings. The van der Waals surface area contributed by atoms with Crippen LogP contribution in [-0.4, -0.2) is 42.6 Å². The third-order valence-electron chi connectivity index (χ3n) is 5.73. The zero-order valence-electron chi connectivity index (χ0n) is 16.7. The van der Waals surface area contributed by atoms with Crippen molar-refractivity contribution in [2.75, 3.05) is 6.54 Å². The minimum absolute atomic E-state index is 0.0399. The molecule has 0 radical (unpaired) electrons. The van der Waals surface area contributed by atoms with Crippen LogP contribution in [0.4, 0.5) is 0 Å². The number of amides is 1. The lowest BCUT2D eigenvalue weighted by atomic mass is 9.85. The predicted octanol–water partition coefficient (Wildman–Crippen LogP) is 2.59. The van der Waals surface area contributed by atoms with Crippen LogP contribution < -0.4 is 4.74 Å². The fourth-order valence-corrected chi connectivity index (χ4v) is 5.35. The van der Waals surface area contributed by atoms with Gasteiger partial charge in [0.25, 0.3) is 0 Å². The number of nitrogens with zero attached hydrogens (tertiary/aromatic N) is 2. The molecule has 156 valence electrons. The van der Waals surface area contributed by atoms with Crippen LogP contribution in [0.3, 0.4) is 0 Å². The van der Waals surface area contributed by atoms with E-state index >= 15 is 0 Å². The van der Waals surface area contributed by atoms with E-state index in [9.17, 15) is 18.3 Å². The first-order valence-corrected chi connectivity index (χ1v) is 11.2. The van der Waals surface area contributed by atoms with Gasteiger partial charge in [-0.05, 0) is 62.7 Å². The second-order valence-electron chi connectivity index (χ2n) is 8.13. The van der Waals surface area contributed by atoms with Crippen LogP contribution in [-0.2, 0) is 14.6 Å². The number of fused-ring (bicyclic) bond motifs is 1. The molecule has 4 rings (SSSR count). The average Bonchev–Trinajstić information content (AvgIpc) is 3.14. The van der Waals surface area contributed by atoms with Crippen molar-refractivity contribution in [2.45, 2.75) is 54.2 Å². The maximum atomic E-state index is 13.2. The number of sulfone groups is 1. The summed E-state index contributed by atoms with van der Waals surface area (Å²) in [5, 5.41) is 19.9. The van der Waals surface area contributed by atoms with E-state index in [2.05, 4.69) is 0 Å². The van der Waals surface area contributed by atoms with E-state index in [-0.39, 0.29) is 15.7 Å². The van der Waals surface area contributed by atoms with E-state index in [0.29, 0.717) is 36.3 Å². The molecular weight excluding hydrogens is 404 g/mol. The van der Waals surface area contributed by atoms with Crippen LogP contribution in [0.15, 0.2) is 52.3 Å². The first-order chi connectivity index (χ1) is 14.1. The minimum Gasteiger partial charge on any atom is -0.485 e. The van der Waals surface area contributed by atoms with Gasteiger partial charge in [-0.25, -0.2) is 8.42 Å². The SMILES string of the molecule is CC1(C)Oc2ccc(S(=O)(=O)c3ccc(C#N)cc3)cc2[C@H](N2CCCC2=O)[C@H]1O. The molecule has 0 bridgehead atoms. The molecule has 1 fully saturated rings. The molecule has 1 amide bonds. The highest BCUT2D eigenvalue weighted by Crippen LogP contribution is 2.45. The van der Waals surface area contributed by atoms with Gasteiger partial charge in [0.05, 0.1) is 27.5 Å². The molecule has 30 heavy (non-hydrogen) atoms. The molecule has 2 aliphatic heterocycles. The Morgan fingerprint density at radius 1 is 1.17 bits per heavy atom. The van der Waals surface area contributed by atoms with Crippen LogP contribution in [0.1, 0.15) is 43.9 Å². The number of benzene rings is 2. The highest BCUT2D eigenvalue weighted by Gasteiger charge is 2.47. The lowest BCUT2D eigenvalue weighted by Gasteiger charge is -2.45. The van der Waals surface area contributed by atoms with Crippen molar-refractivity contribution in [3.05, 3.63) is 53.6 Å². The number of nitriles is 1. The van der Waals surface area contributed by atoms with E-state index in [4.69, 9.17) is 10.00 Å². The number of aliphatic hydroxyl groups is 1. The Kier molecular flexibility index (Phi) is 4.83. The van der Waals surface area contributed by atoms with Crippen LogP contribution in [0.5, 0.6) is 5.75 Å². The van der Waals surface area contributed by atoms with Gasteiger partial charge in [-0.2, -0.15) is 5.26 Å². The number of carbonyl (C=O) groups excluding carboxylic acids is 1. The summed E-state index contributed by atoms with van der Waals surface area (Å²) in [6.07, 6.45) is 0.0882. The number of aliphatic hydroxyl groups excluding tert-OH is 1. The molecule has 1 saturated heterocycles. The van der Waals surface area contributed by atoms with E-state index in [0.717, 1.165) is 0 Å². The largest absolute Gasteiger partial charge is 0.485 e. The van der Waals surface area contributed by atoms with Crippen molar-refractivity contribution < 1.29 is 23.1 Å². The molecule has 8 heteroatoms. The Morgan fingerprint density at radius 2 is 1.83 bits per heavy atom. The van der Waals surface area contributed by atoms with Crippen LogP contribution in [0.2, 0.25) is 0 Å². The van der Waals surface area contributed by atoms with Gasteiger partial charge < -0.3 is 14.7 Å². The topological polar surface area (TPSA) is 108 Å². The molecule has 2 aromatic rings. The number of carbonyl (C=O) groups is 1. The van der Waals surface area contributed by atoms with Crippen molar-refractivity contribution in [1.29, 1.82) is 5.26 Å². The molecule has 2 aromatic carbocycles. The van der Waals surface area contributed by atoms with Gasteiger partial charge in [-0.1, -0.05) is 0 Å². The number of hydrogen-bond donors (Lipinski definition) is 1. The molecular formula is C22H22N2O5S. The van der Waals surface area contributed by atoms with Gasteiger partial charge in [0.2, 0.25) is 15.7 Å². The van der Waals surface area contributed by atoms with Crippen molar-refractivity contribution in [2.24, 2.45) is 0 Å². The highest BCUT2D eigenvalue weighted by molar-refractivity contribution is 7.91. The zero-order chi connectivity index (χ0) is 21.7. The predicted molar refractivity (Wildman–Crippen MR) is 107 cm³/mol. The standard InChI is InChI=1S/C22H22N2O5S/c1-22(2)21(26)20(24-11-3-4-19(24)25)17-12-16(9-10-18(17)29-22)30(27,28)15-7-5-14(13-23)6-8-15/h5-10,12,20-21,26H,3-4,11H2,1-2H3/t20-,21+/m0/s1. The summed E-state index contributed by atoms with van der Waals surface area (Å²) in [5.74, 6) is 0.386. The second-order valence-corrected chi connectivity index (χ2v) is 10.1. The summed E-state index contributed by atoms with van der Waals surface area (Å²) in [4.78, 5) is 14.2. The smallest absolute Gasteiger partial charge is 0.223 e. The Bertz CT molecular complexity index is 1150. The first-order valence-electron chi connectivity index (χ1n) is 9.71. The van der Waals surface area contributed by atoms with Gasteiger partial charge in [0.15, 0.2) is 0 Å². The number of ether oxygens (including phenoxy) is 1. The van der Waals surface area contributed by atoms with Gasteiger partial charge in [0, 0.05) is 18.5 Å². The van der Waals surface area contributed by atoms with E-state index < -0.39 is 27.6 Å². The molecule has 7 nitrogen and oxygen atoms in total. The summed E-state index contributed by atoms with van der Waals surface area (Å²) < 4.78 is 32.2. The molecule has 2 atom stereocenters. The Labute approximate surface area is 175 Å². The third-order valence-corrected chi connectivity index (χ3v) is 7.50. The summed E-state index contributed by atoms with van der Waals surface area (Å²) in [5.41, 5.74) is -0.0915. The summed E-state index contributed by atoms with van der Waals surface area (Å²) in [7, 11) is -3.85. The molecule has 0 aliphatic carbocycles. The summed E-state index contributed by atoms with van der Waals surface area (Å²) >= 11 is 0. The number of hydrogen-bond acceptors (Lipinski definition) is 6. The van der Waals surface area contributed by atoms with Gasteiger partial charge in [0.1, 0.15) is 17.5 Å². The Morgan fingerprint density at radius 3 is 2.43 bits per heavy atom. The fraction of sp³-hybridized carbons (Fsp3) is 0.364. The maximum Gasteiger partial charge on any atom is 0.223 e. The molecule has 0 spiro atoms. The van der Waals surface area contributed by atoms with Gasteiger partial charge in [-0.3, -0.25) is 4.79 Å². The van der Waals surface area contributed by atoms with Crippen LogP contribution >= 0.6 is 0 Å². The maximum absolute atomic E-state index is 13.2. The van der Waals surface area contributed by atoms with Gasteiger partial charge >= 0.3 is 0 Å². The normalized spacial score (nSPS) is 22.9. The number of likely N-dealkylation sites (tertiary alicyclic amines) is 1. The van der Waals surface area contributed by atoms with E-state index in [1.807, 2.05) is 6.07 Å². The molecule has 0 saturated carbocycles. The quantitative estimate of drug-likeness (QED) is 0.808. The fourth-order valence-electron chi connectivity index (χ4n) is 4.06. The first kappa shape index (κ1) is 20.4. The van der Waals surface area contributed by atoms with Crippen LogP contribution in [0.25, 0.3) is 0 Å². The molecule has 0 aromatic heterocycles. The Balaban J connectivity index is 1.82. The van der Waals surface area contributed by atoms with Crippen molar-refractivity contribution in [3.63, 3.8) is 0 Å². The van der Waals surface area contributed by atoms with Crippen molar-refractivity contribution in [1.82, 2.24) is 4.90 Å². The molecule has 1 N–H and O–H groups in total. The van der Waals surface area contributed by atoms with Gasteiger partial charge in [-0.15, -0.1) is 0 Å². The number of rotatable bonds is 3. The average molecular weight is 426 g/mol. The van der Waals surface area contributed by atoms with E-state index in [1.54, 1.807) is 24.8 Å². The third kappa shape index (κ3) is 3.24. The van der Waals surface area contributed by atoms with Crippen molar-refractivity contribution >= 4 is 15.7 Å². The summed E-state index contributed by atoms with van der Waals surface area (Å²) in [6, 6.07) is 11.5. The highest BCUT2D eigenvalue weighted by atomic mass is 32.2. The van der Waals surface area contributed by atoms with Crippen LogP contribution in [0, 0.1) is 11.3 Å².